The fraction of sp³-hybridized carbons (Fsp3) is 0.143. The molecule has 5 heteroatoms. The van der Waals surface area contributed by atoms with Gasteiger partial charge < -0.3 is 10.5 Å². The minimum atomic E-state index is -0.834. The Hall–Kier alpha value is -1.75. The lowest BCUT2D eigenvalue weighted by molar-refractivity contribution is 0.405. The predicted molar refractivity (Wildman–Crippen MR) is 73.3 cm³/mol. The van der Waals surface area contributed by atoms with Gasteiger partial charge in [-0.3, -0.25) is 0 Å². The molecular weight excluding hydrogens is 268 g/mol. The lowest BCUT2D eigenvalue weighted by atomic mass is 10.2. The number of rotatable bonds is 4. The molecule has 0 aromatic heterocycles. The van der Waals surface area contributed by atoms with Crippen LogP contribution in [0.15, 0.2) is 41.3 Å². The maximum absolute atomic E-state index is 13.1. The van der Waals surface area contributed by atoms with Crippen molar-refractivity contribution in [1.29, 1.82) is 0 Å². The standard InChI is InChI=1S/C14H13F2NOS/c1-18-13-7-10(17)3-5-14(13)19-8-9-2-4-11(15)12(16)6-9/h2-7H,8,17H2,1H3. The van der Waals surface area contributed by atoms with Crippen LogP contribution in [-0.2, 0) is 5.75 Å². The molecule has 0 aliphatic heterocycles. The Kier molecular flexibility index (Phi) is 4.27. The van der Waals surface area contributed by atoms with Crippen molar-refractivity contribution in [1.82, 2.24) is 0 Å². The van der Waals surface area contributed by atoms with Crippen molar-refractivity contribution in [3.05, 3.63) is 53.6 Å². The van der Waals surface area contributed by atoms with Gasteiger partial charge in [0.25, 0.3) is 0 Å². The number of nitrogens with two attached hydrogens (primary N) is 1. The van der Waals surface area contributed by atoms with Gasteiger partial charge in [0, 0.05) is 22.4 Å². The van der Waals surface area contributed by atoms with E-state index in [0.29, 0.717) is 22.8 Å². The first-order chi connectivity index (χ1) is 9.10. The van der Waals surface area contributed by atoms with Crippen LogP contribution in [0.1, 0.15) is 5.56 Å². The summed E-state index contributed by atoms with van der Waals surface area (Å²) < 4.78 is 31.1. The van der Waals surface area contributed by atoms with Gasteiger partial charge in [-0.2, -0.15) is 0 Å². The van der Waals surface area contributed by atoms with E-state index in [1.165, 1.54) is 17.8 Å². The van der Waals surface area contributed by atoms with Gasteiger partial charge in [0.05, 0.1) is 7.11 Å². The molecule has 0 unspecified atom stereocenters. The zero-order valence-electron chi connectivity index (χ0n) is 10.3. The van der Waals surface area contributed by atoms with Gasteiger partial charge in [-0.05, 0) is 29.8 Å². The molecule has 0 spiro atoms. The van der Waals surface area contributed by atoms with E-state index in [9.17, 15) is 8.78 Å². The van der Waals surface area contributed by atoms with Crippen molar-refractivity contribution in [3.63, 3.8) is 0 Å². The third kappa shape index (κ3) is 3.38. The van der Waals surface area contributed by atoms with Crippen LogP contribution in [0.3, 0.4) is 0 Å². The average Bonchev–Trinajstić information content (AvgIpc) is 2.41. The molecule has 0 aliphatic rings. The van der Waals surface area contributed by atoms with Crippen LogP contribution >= 0.6 is 11.8 Å². The van der Waals surface area contributed by atoms with Crippen LogP contribution in [0.5, 0.6) is 5.75 Å². The number of hydrogen-bond donors (Lipinski definition) is 1. The van der Waals surface area contributed by atoms with Crippen molar-refractivity contribution >= 4 is 17.4 Å². The highest BCUT2D eigenvalue weighted by Gasteiger charge is 2.06. The third-order valence-corrected chi connectivity index (χ3v) is 3.69. The summed E-state index contributed by atoms with van der Waals surface area (Å²) in [5.74, 6) is -0.467. The maximum Gasteiger partial charge on any atom is 0.159 e. The zero-order chi connectivity index (χ0) is 13.8. The number of anilines is 1. The van der Waals surface area contributed by atoms with Crippen molar-refractivity contribution in [2.24, 2.45) is 0 Å². The molecule has 0 amide bonds. The number of halogens is 2. The Morgan fingerprint density at radius 1 is 1.11 bits per heavy atom. The molecule has 0 atom stereocenters. The summed E-state index contributed by atoms with van der Waals surface area (Å²) in [5.41, 5.74) is 7.00. The molecule has 0 fully saturated rings. The van der Waals surface area contributed by atoms with Crippen LogP contribution in [-0.4, -0.2) is 7.11 Å². The number of methoxy groups -OCH3 is 1. The van der Waals surface area contributed by atoms with Gasteiger partial charge in [0.15, 0.2) is 11.6 Å². The maximum atomic E-state index is 13.1. The van der Waals surface area contributed by atoms with Crippen molar-refractivity contribution in [2.75, 3.05) is 12.8 Å². The highest BCUT2D eigenvalue weighted by atomic mass is 32.2. The molecule has 0 bridgehead atoms. The molecule has 19 heavy (non-hydrogen) atoms. The predicted octanol–water partition coefficient (Wildman–Crippen LogP) is 3.85. The molecule has 2 rings (SSSR count). The molecular formula is C14H13F2NOS. The number of thioether (sulfide) groups is 1. The molecule has 2 N–H and O–H groups in total. The normalized spacial score (nSPS) is 10.5. The molecule has 2 aromatic rings. The summed E-state index contributed by atoms with van der Waals surface area (Å²) in [5, 5.41) is 0. The van der Waals surface area contributed by atoms with E-state index in [1.54, 1.807) is 25.3 Å². The second kappa shape index (κ2) is 5.93. The lowest BCUT2D eigenvalue weighted by Crippen LogP contribution is -1.91. The number of benzene rings is 2. The van der Waals surface area contributed by atoms with E-state index in [0.717, 1.165) is 11.0 Å². The lowest BCUT2D eigenvalue weighted by Gasteiger charge is -2.09. The second-order valence-corrected chi connectivity index (χ2v) is 4.96. The largest absolute Gasteiger partial charge is 0.496 e. The first-order valence-corrected chi connectivity index (χ1v) is 6.59. The van der Waals surface area contributed by atoms with Crippen LogP contribution in [0, 0.1) is 11.6 Å². The molecule has 0 radical (unpaired) electrons. The second-order valence-electron chi connectivity index (χ2n) is 3.95. The average molecular weight is 281 g/mol. The fourth-order valence-electron chi connectivity index (χ4n) is 1.59. The van der Waals surface area contributed by atoms with Gasteiger partial charge >= 0.3 is 0 Å². The molecule has 2 aromatic carbocycles. The molecule has 0 aliphatic carbocycles. The smallest absolute Gasteiger partial charge is 0.159 e. The first kappa shape index (κ1) is 13.7. The zero-order valence-corrected chi connectivity index (χ0v) is 11.1. The topological polar surface area (TPSA) is 35.2 Å². The Labute approximate surface area is 114 Å². The van der Waals surface area contributed by atoms with Crippen LogP contribution < -0.4 is 10.5 Å². The van der Waals surface area contributed by atoms with Crippen molar-refractivity contribution < 1.29 is 13.5 Å². The van der Waals surface area contributed by atoms with Gasteiger partial charge in [0.2, 0.25) is 0 Å². The molecule has 0 saturated carbocycles. The Morgan fingerprint density at radius 3 is 2.58 bits per heavy atom. The van der Waals surface area contributed by atoms with Gasteiger partial charge in [-0.25, -0.2) is 8.78 Å². The van der Waals surface area contributed by atoms with E-state index < -0.39 is 11.6 Å². The summed E-state index contributed by atoms with van der Waals surface area (Å²) in [4.78, 5) is 0.904. The number of nitrogen functional groups attached to an aromatic ring is 1. The van der Waals surface area contributed by atoms with Crippen molar-refractivity contribution in [3.8, 4) is 5.75 Å². The summed E-state index contributed by atoms with van der Waals surface area (Å²) in [6.07, 6.45) is 0. The summed E-state index contributed by atoms with van der Waals surface area (Å²) >= 11 is 1.48. The third-order valence-electron chi connectivity index (χ3n) is 2.57. The number of hydrogen-bond acceptors (Lipinski definition) is 3. The Morgan fingerprint density at radius 2 is 1.89 bits per heavy atom. The first-order valence-electron chi connectivity index (χ1n) is 5.60. The van der Waals surface area contributed by atoms with E-state index in [4.69, 9.17) is 10.5 Å². The van der Waals surface area contributed by atoms with Crippen LogP contribution in [0.4, 0.5) is 14.5 Å². The van der Waals surface area contributed by atoms with E-state index in [-0.39, 0.29) is 0 Å². The minimum Gasteiger partial charge on any atom is -0.496 e. The molecule has 0 saturated heterocycles. The SMILES string of the molecule is COc1cc(N)ccc1SCc1ccc(F)c(F)c1. The molecule has 0 heterocycles. The molecule has 100 valence electrons. The van der Waals surface area contributed by atoms with E-state index >= 15 is 0 Å². The summed E-state index contributed by atoms with van der Waals surface area (Å²) in [6, 6.07) is 9.25. The summed E-state index contributed by atoms with van der Waals surface area (Å²) in [6.45, 7) is 0. The van der Waals surface area contributed by atoms with Crippen LogP contribution in [0.2, 0.25) is 0 Å². The highest BCUT2D eigenvalue weighted by Crippen LogP contribution is 2.33. The monoisotopic (exact) mass is 281 g/mol. The Balaban J connectivity index is 2.12. The highest BCUT2D eigenvalue weighted by molar-refractivity contribution is 7.98. The minimum absolute atomic E-state index is 0.525. The molecule has 2 nitrogen and oxygen atoms in total. The van der Waals surface area contributed by atoms with Gasteiger partial charge in [-0.1, -0.05) is 6.07 Å². The quantitative estimate of drug-likeness (QED) is 0.683. The Bertz CT molecular complexity index is 590. The van der Waals surface area contributed by atoms with Gasteiger partial charge in [0.1, 0.15) is 5.75 Å². The summed E-state index contributed by atoms with van der Waals surface area (Å²) in [7, 11) is 1.57. The fourth-order valence-corrected chi connectivity index (χ4v) is 2.54. The van der Waals surface area contributed by atoms with E-state index in [2.05, 4.69) is 0 Å². The van der Waals surface area contributed by atoms with Crippen molar-refractivity contribution in [2.45, 2.75) is 10.6 Å². The van der Waals surface area contributed by atoms with E-state index in [1.807, 2.05) is 6.07 Å². The van der Waals surface area contributed by atoms with Crippen LogP contribution in [0.25, 0.3) is 0 Å². The van der Waals surface area contributed by atoms with Gasteiger partial charge in [-0.15, -0.1) is 11.8 Å². The number of ether oxygens (including phenoxy) is 1.